The molecule has 1 unspecified atom stereocenters. The third-order valence-electron chi connectivity index (χ3n) is 2.65. The molecule has 0 fully saturated rings. The van der Waals surface area contributed by atoms with Crippen LogP contribution in [0.3, 0.4) is 0 Å². The lowest BCUT2D eigenvalue weighted by Gasteiger charge is -2.15. The van der Waals surface area contributed by atoms with E-state index >= 15 is 0 Å². The minimum atomic E-state index is -1.03. The van der Waals surface area contributed by atoms with Gasteiger partial charge < -0.3 is 10.1 Å². The summed E-state index contributed by atoms with van der Waals surface area (Å²) >= 11 is 1.70. The van der Waals surface area contributed by atoms with Crippen LogP contribution in [0.1, 0.15) is 16.8 Å². The second-order valence-corrected chi connectivity index (χ2v) is 4.96. The molecule has 6 heteroatoms. The molecule has 0 bridgehead atoms. The molecule has 0 aliphatic rings. The maximum absolute atomic E-state index is 13.0. The van der Waals surface area contributed by atoms with Crippen molar-refractivity contribution in [2.24, 2.45) is 0 Å². The highest BCUT2D eigenvalue weighted by molar-refractivity contribution is 7.98. The Morgan fingerprint density at radius 1 is 1.42 bits per heavy atom. The van der Waals surface area contributed by atoms with Gasteiger partial charge in [0.05, 0.1) is 6.10 Å². The molecular formula is C13H17F2NO2S. The summed E-state index contributed by atoms with van der Waals surface area (Å²) in [6, 6.07) is 3.07. The van der Waals surface area contributed by atoms with Gasteiger partial charge in [-0.05, 0) is 36.6 Å². The summed E-state index contributed by atoms with van der Waals surface area (Å²) in [7, 11) is 1.58. The van der Waals surface area contributed by atoms with Crippen molar-refractivity contribution in [2.45, 2.75) is 12.5 Å². The second-order valence-electron chi connectivity index (χ2n) is 3.98. The van der Waals surface area contributed by atoms with Gasteiger partial charge in [0.25, 0.3) is 5.91 Å². The summed E-state index contributed by atoms with van der Waals surface area (Å²) in [4.78, 5) is 11.7. The summed E-state index contributed by atoms with van der Waals surface area (Å²) < 4.78 is 30.9. The van der Waals surface area contributed by atoms with E-state index in [4.69, 9.17) is 4.74 Å². The van der Waals surface area contributed by atoms with E-state index < -0.39 is 17.5 Å². The maximum Gasteiger partial charge on any atom is 0.251 e. The summed E-state index contributed by atoms with van der Waals surface area (Å²) in [5.41, 5.74) is 0.0959. The minimum Gasteiger partial charge on any atom is -0.380 e. The highest BCUT2D eigenvalue weighted by Gasteiger charge is 2.12. The van der Waals surface area contributed by atoms with Gasteiger partial charge >= 0.3 is 0 Å². The highest BCUT2D eigenvalue weighted by atomic mass is 32.2. The number of rotatable bonds is 7. The molecule has 1 rings (SSSR count). The van der Waals surface area contributed by atoms with Crippen LogP contribution >= 0.6 is 11.8 Å². The van der Waals surface area contributed by atoms with Crippen LogP contribution in [0.25, 0.3) is 0 Å². The normalized spacial score (nSPS) is 12.2. The Morgan fingerprint density at radius 2 is 2.16 bits per heavy atom. The molecule has 1 amide bonds. The molecule has 3 nitrogen and oxygen atoms in total. The summed E-state index contributed by atoms with van der Waals surface area (Å²) in [5, 5.41) is 2.64. The number of methoxy groups -OCH3 is 1. The van der Waals surface area contributed by atoms with Gasteiger partial charge in [0.1, 0.15) is 0 Å². The molecule has 1 N–H and O–H groups in total. The second kappa shape index (κ2) is 8.12. The first-order valence-corrected chi connectivity index (χ1v) is 7.22. The van der Waals surface area contributed by atoms with Crippen LogP contribution in [-0.2, 0) is 4.74 Å². The third-order valence-corrected chi connectivity index (χ3v) is 3.29. The number of amides is 1. The Labute approximate surface area is 115 Å². The van der Waals surface area contributed by atoms with Gasteiger partial charge in [-0.15, -0.1) is 0 Å². The number of nitrogens with one attached hydrogen (secondary N) is 1. The Bertz CT molecular complexity index is 429. The van der Waals surface area contributed by atoms with Crippen LogP contribution in [0.2, 0.25) is 0 Å². The fourth-order valence-electron chi connectivity index (χ4n) is 1.50. The summed E-state index contributed by atoms with van der Waals surface area (Å²) in [6.07, 6.45) is 2.73. The standard InChI is InChI=1S/C13H17F2NO2S/c1-18-10(5-6-19-2)8-16-13(17)9-3-4-11(14)12(15)7-9/h3-4,7,10H,5-6,8H2,1-2H3,(H,16,17). The van der Waals surface area contributed by atoms with Crippen molar-refractivity contribution in [2.75, 3.05) is 25.7 Å². The molecule has 0 heterocycles. The molecule has 0 aromatic heterocycles. The quantitative estimate of drug-likeness (QED) is 0.838. The number of hydrogen-bond acceptors (Lipinski definition) is 3. The van der Waals surface area contributed by atoms with Crippen LogP contribution < -0.4 is 5.32 Å². The molecule has 106 valence electrons. The number of carbonyl (C=O) groups excluding carboxylic acids is 1. The Hall–Kier alpha value is -1.14. The molecule has 1 aromatic carbocycles. The molecule has 0 aliphatic heterocycles. The van der Waals surface area contributed by atoms with Crippen molar-refractivity contribution < 1.29 is 18.3 Å². The van der Waals surface area contributed by atoms with Crippen molar-refractivity contribution >= 4 is 17.7 Å². The summed E-state index contributed by atoms with van der Waals surface area (Å²) in [6.45, 7) is 0.342. The van der Waals surface area contributed by atoms with Crippen LogP contribution in [0, 0.1) is 11.6 Å². The topological polar surface area (TPSA) is 38.3 Å². The van der Waals surface area contributed by atoms with Crippen molar-refractivity contribution in [3.05, 3.63) is 35.4 Å². The number of benzene rings is 1. The van der Waals surface area contributed by atoms with Crippen LogP contribution in [0.15, 0.2) is 18.2 Å². The first-order valence-electron chi connectivity index (χ1n) is 5.83. The zero-order valence-electron chi connectivity index (χ0n) is 10.9. The SMILES string of the molecule is COC(CCSC)CNC(=O)c1ccc(F)c(F)c1. The fraction of sp³-hybridized carbons (Fsp3) is 0.462. The van der Waals surface area contributed by atoms with E-state index in [0.717, 1.165) is 24.3 Å². The number of hydrogen-bond donors (Lipinski definition) is 1. The first-order chi connectivity index (χ1) is 9.08. The fourth-order valence-corrected chi connectivity index (χ4v) is 2.00. The first kappa shape index (κ1) is 15.9. The lowest BCUT2D eigenvalue weighted by Crippen LogP contribution is -2.33. The Kier molecular flexibility index (Phi) is 6.80. The molecule has 1 aromatic rings. The molecule has 0 saturated carbocycles. The predicted octanol–water partition coefficient (Wildman–Crippen LogP) is 2.46. The van der Waals surface area contributed by atoms with Gasteiger partial charge in [0.2, 0.25) is 0 Å². The van der Waals surface area contributed by atoms with Gasteiger partial charge in [-0.2, -0.15) is 11.8 Å². The van der Waals surface area contributed by atoms with Gasteiger partial charge in [-0.3, -0.25) is 4.79 Å². The third kappa shape index (κ3) is 5.16. The largest absolute Gasteiger partial charge is 0.380 e. The van der Waals surface area contributed by atoms with Crippen molar-refractivity contribution in [1.82, 2.24) is 5.32 Å². The molecule has 0 radical (unpaired) electrons. The summed E-state index contributed by atoms with van der Waals surface area (Å²) in [5.74, 6) is -1.51. The van der Waals surface area contributed by atoms with E-state index in [1.165, 1.54) is 6.07 Å². The molecule has 0 spiro atoms. The highest BCUT2D eigenvalue weighted by Crippen LogP contribution is 2.09. The molecule has 1 atom stereocenters. The van der Waals surface area contributed by atoms with Crippen molar-refractivity contribution in [3.8, 4) is 0 Å². The predicted molar refractivity (Wildman–Crippen MR) is 72.5 cm³/mol. The van der Waals surface area contributed by atoms with Gasteiger partial charge in [0, 0.05) is 19.2 Å². The van der Waals surface area contributed by atoms with E-state index in [1.807, 2.05) is 6.26 Å². The monoisotopic (exact) mass is 289 g/mol. The van der Waals surface area contributed by atoms with E-state index in [9.17, 15) is 13.6 Å². The average Bonchev–Trinajstić information content (AvgIpc) is 2.41. The number of thioether (sulfide) groups is 1. The Balaban J connectivity index is 2.52. The molecule has 0 saturated heterocycles. The zero-order valence-corrected chi connectivity index (χ0v) is 11.7. The van der Waals surface area contributed by atoms with E-state index in [0.29, 0.717) is 6.54 Å². The molecule has 0 aliphatic carbocycles. The van der Waals surface area contributed by atoms with Crippen molar-refractivity contribution in [1.29, 1.82) is 0 Å². The van der Waals surface area contributed by atoms with Crippen LogP contribution in [0.4, 0.5) is 8.78 Å². The average molecular weight is 289 g/mol. The minimum absolute atomic E-state index is 0.0818. The van der Waals surface area contributed by atoms with Gasteiger partial charge in [-0.1, -0.05) is 0 Å². The Morgan fingerprint density at radius 3 is 2.74 bits per heavy atom. The van der Waals surface area contributed by atoms with Gasteiger partial charge in [0.15, 0.2) is 11.6 Å². The zero-order chi connectivity index (χ0) is 14.3. The number of halogens is 2. The van der Waals surface area contributed by atoms with Gasteiger partial charge in [-0.25, -0.2) is 8.78 Å². The number of ether oxygens (including phenoxy) is 1. The number of carbonyl (C=O) groups is 1. The van der Waals surface area contributed by atoms with Crippen molar-refractivity contribution in [3.63, 3.8) is 0 Å². The maximum atomic E-state index is 13.0. The van der Waals surface area contributed by atoms with Crippen LogP contribution in [-0.4, -0.2) is 37.7 Å². The molecule has 19 heavy (non-hydrogen) atoms. The lowest BCUT2D eigenvalue weighted by atomic mass is 10.2. The molecular weight excluding hydrogens is 272 g/mol. The lowest BCUT2D eigenvalue weighted by molar-refractivity contribution is 0.0819. The van der Waals surface area contributed by atoms with E-state index in [-0.39, 0.29) is 11.7 Å². The van der Waals surface area contributed by atoms with E-state index in [1.54, 1.807) is 18.9 Å². The van der Waals surface area contributed by atoms with Crippen LogP contribution in [0.5, 0.6) is 0 Å². The van der Waals surface area contributed by atoms with E-state index in [2.05, 4.69) is 5.32 Å². The smallest absolute Gasteiger partial charge is 0.251 e.